The number of aliphatic hydroxyl groups excluding tert-OH is 1. The van der Waals surface area contributed by atoms with Crippen LogP contribution in [0.5, 0.6) is 5.75 Å². The van der Waals surface area contributed by atoms with Crippen LogP contribution < -0.4 is 10.1 Å². The van der Waals surface area contributed by atoms with Crippen molar-refractivity contribution in [2.24, 2.45) is 0 Å². The molecule has 2 N–H and O–H groups in total. The number of aryl methyl sites for hydroxylation is 1. The lowest BCUT2D eigenvalue weighted by Crippen LogP contribution is -2.42. The summed E-state index contributed by atoms with van der Waals surface area (Å²) in [5.74, 6) is 0.359. The molecule has 2 atom stereocenters. The van der Waals surface area contributed by atoms with Crippen molar-refractivity contribution in [3.05, 3.63) is 29.3 Å². The number of nitrogens with one attached hydrogen (secondary N) is 1. The van der Waals surface area contributed by atoms with E-state index in [1.165, 1.54) is 0 Å². The Bertz CT molecular complexity index is 450. The minimum Gasteiger partial charge on any atom is -0.497 e. The molecule has 1 aromatic carbocycles. The molecule has 0 unspecified atom stereocenters. The van der Waals surface area contributed by atoms with Crippen molar-refractivity contribution in [3.8, 4) is 5.75 Å². The van der Waals surface area contributed by atoms with Gasteiger partial charge in [0, 0.05) is 0 Å². The maximum Gasteiger partial charge on any atom is 0.235 e. The Hall–Kier alpha value is -1.26. The van der Waals surface area contributed by atoms with E-state index in [0.29, 0.717) is 12.2 Å². The molecule has 98 valence electrons. The highest BCUT2D eigenvalue weighted by Gasteiger charge is 2.29. The van der Waals surface area contributed by atoms with Gasteiger partial charge in [-0.1, -0.05) is 6.07 Å². The van der Waals surface area contributed by atoms with Gasteiger partial charge >= 0.3 is 0 Å². The number of fused-ring (bicyclic) bond motifs is 1. The van der Waals surface area contributed by atoms with Crippen LogP contribution in [-0.4, -0.2) is 30.0 Å². The van der Waals surface area contributed by atoms with Gasteiger partial charge in [-0.2, -0.15) is 0 Å². The van der Waals surface area contributed by atoms with Gasteiger partial charge in [0.05, 0.1) is 19.3 Å². The fraction of sp³-hybridized carbons (Fsp3) is 0.462. The maximum atomic E-state index is 11.3. The van der Waals surface area contributed by atoms with Gasteiger partial charge < -0.3 is 15.2 Å². The summed E-state index contributed by atoms with van der Waals surface area (Å²) in [5.41, 5.74) is 1.92. The normalized spacial score (nSPS) is 22.2. The van der Waals surface area contributed by atoms with E-state index >= 15 is 0 Å². The highest BCUT2D eigenvalue weighted by molar-refractivity contribution is 6.27. The van der Waals surface area contributed by atoms with Crippen molar-refractivity contribution < 1.29 is 14.6 Å². The average Bonchev–Trinajstić information content (AvgIpc) is 2.41. The summed E-state index contributed by atoms with van der Waals surface area (Å²) >= 11 is 5.45. The lowest BCUT2D eigenvalue weighted by Gasteiger charge is -2.30. The maximum absolute atomic E-state index is 11.3. The molecule has 1 aliphatic carbocycles. The van der Waals surface area contributed by atoms with Crippen molar-refractivity contribution in [2.45, 2.75) is 25.0 Å². The van der Waals surface area contributed by atoms with Crippen molar-refractivity contribution >= 4 is 17.5 Å². The van der Waals surface area contributed by atoms with Gasteiger partial charge in [0.2, 0.25) is 5.91 Å². The van der Waals surface area contributed by atoms with E-state index in [-0.39, 0.29) is 17.8 Å². The Morgan fingerprint density at radius 3 is 3.06 bits per heavy atom. The van der Waals surface area contributed by atoms with Crippen LogP contribution in [0.25, 0.3) is 0 Å². The summed E-state index contributed by atoms with van der Waals surface area (Å²) in [6.07, 6.45) is 0.822. The summed E-state index contributed by atoms with van der Waals surface area (Å²) in [4.78, 5) is 11.3. The van der Waals surface area contributed by atoms with Gasteiger partial charge in [0.25, 0.3) is 0 Å². The minimum atomic E-state index is -0.712. The molecule has 18 heavy (non-hydrogen) atoms. The number of methoxy groups -OCH3 is 1. The minimum absolute atomic E-state index is 0.0891. The van der Waals surface area contributed by atoms with Crippen LogP contribution in [0, 0.1) is 0 Å². The largest absolute Gasteiger partial charge is 0.497 e. The first-order valence-electron chi connectivity index (χ1n) is 5.86. The van der Waals surface area contributed by atoms with Crippen LogP contribution >= 0.6 is 11.6 Å². The molecule has 0 aliphatic heterocycles. The predicted octanol–water partition coefficient (Wildman–Crippen LogP) is 1.40. The van der Waals surface area contributed by atoms with Crippen LogP contribution in [0.1, 0.15) is 23.7 Å². The quantitative estimate of drug-likeness (QED) is 0.816. The number of hydrogen-bond acceptors (Lipinski definition) is 3. The molecule has 0 spiro atoms. The van der Waals surface area contributed by atoms with Crippen LogP contribution in [0.3, 0.4) is 0 Å². The van der Waals surface area contributed by atoms with Gasteiger partial charge in [0.15, 0.2) is 0 Å². The standard InChI is InChI=1S/C13H16ClNO3/c1-18-9-4-2-8-3-5-11(15-12(16)7-14)13(17)10(8)6-9/h2,4,6,11,13,17H,3,5,7H2,1H3,(H,15,16)/t11-,13-/m1/s1. The molecule has 0 aromatic heterocycles. The van der Waals surface area contributed by atoms with Gasteiger partial charge in [0.1, 0.15) is 11.6 Å². The molecule has 0 radical (unpaired) electrons. The fourth-order valence-electron chi connectivity index (χ4n) is 2.29. The number of ether oxygens (including phenoxy) is 1. The van der Waals surface area contributed by atoms with Crippen molar-refractivity contribution in [1.82, 2.24) is 5.32 Å². The summed E-state index contributed by atoms with van der Waals surface area (Å²) in [6.45, 7) is 0. The third-order valence-corrected chi connectivity index (χ3v) is 3.49. The predicted molar refractivity (Wildman–Crippen MR) is 68.9 cm³/mol. The Balaban J connectivity index is 2.20. The third-order valence-electron chi connectivity index (χ3n) is 3.25. The number of hydrogen-bond donors (Lipinski definition) is 2. The summed E-state index contributed by atoms with van der Waals surface area (Å²) in [5, 5.41) is 13.0. The topological polar surface area (TPSA) is 58.6 Å². The number of amides is 1. The molecule has 1 aliphatic rings. The number of carbonyl (C=O) groups is 1. The molecule has 4 nitrogen and oxygen atoms in total. The summed E-state index contributed by atoms with van der Waals surface area (Å²) in [7, 11) is 1.59. The van der Waals surface area contributed by atoms with Gasteiger partial charge in [-0.3, -0.25) is 4.79 Å². The highest BCUT2D eigenvalue weighted by atomic mass is 35.5. The van der Waals surface area contributed by atoms with Crippen molar-refractivity contribution in [3.63, 3.8) is 0 Å². The molecule has 1 aromatic rings. The zero-order valence-corrected chi connectivity index (χ0v) is 10.9. The first kappa shape index (κ1) is 13.2. The zero-order valence-electron chi connectivity index (χ0n) is 10.1. The van der Waals surface area contributed by atoms with E-state index in [1.54, 1.807) is 7.11 Å². The van der Waals surface area contributed by atoms with E-state index in [0.717, 1.165) is 17.5 Å². The third kappa shape index (κ3) is 2.60. The molecule has 2 rings (SSSR count). The Morgan fingerprint density at radius 2 is 2.39 bits per heavy atom. The molecule has 0 fully saturated rings. The second kappa shape index (κ2) is 5.59. The monoisotopic (exact) mass is 269 g/mol. The summed E-state index contributed by atoms with van der Waals surface area (Å²) in [6, 6.07) is 5.37. The van der Waals surface area contributed by atoms with E-state index < -0.39 is 6.10 Å². The van der Waals surface area contributed by atoms with Crippen molar-refractivity contribution in [1.29, 1.82) is 0 Å². The SMILES string of the molecule is COc1ccc2c(c1)[C@@H](O)[C@H](NC(=O)CCl)CC2. The van der Waals surface area contributed by atoms with E-state index in [9.17, 15) is 9.90 Å². The lowest BCUT2D eigenvalue weighted by molar-refractivity contribution is -0.120. The van der Waals surface area contributed by atoms with E-state index in [2.05, 4.69) is 5.32 Å². The Morgan fingerprint density at radius 1 is 1.61 bits per heavy atom. The van der Waals surface area contributed by atoms with E-state index in [1.807, 2.05) is 18.2 Å². The smallest absolute Gasteiger partial charge is 0.235 e. The van der Waals surface area contributed by atoms with Crippen LogP contribution in [0.2, 0.25) is 0 Å². The fourth-order valence-corrected chi connectivity index (χ4v) is 2.36. The molecular formula is C13H16ClNO3. The van der Waals surface area contributed by atoms with Crippen molar-refractivity contribution in [2.75, 3.05) is 13.0 Å². The number of benzene rings is 1. The van der Waals surface area contributed by atoms with Crippen LogP contribution in [0.15, 0.2) is 18.2 Å². The second-order valence-electron chi connectivity index (χ2n) is 4.36. The molecule has 0 saturated heterocycles. The van der Waals surface area contributed by atoms with Crippen LogP contribution in [-0.2, 0) is 11.2 Å². The van der Waals surface area contributed by atoms with Gasteiger partial charge in [-0.05, 0) is 36.1 Å². The highest BCUT2D eigenvalue weighted by Crippen LogP contribution is 2.32. The Labute approximate surface area is 111 Å². The number of carbonyl (C=O) groups excluding carboxylic acids is 1. The molecular weight excluding hydrogens is 254 g/mol. The lowest BCUT2D eigenvalue weighted by atomic mass is 9.85. The van der Waals surface area contributed by atoms with Crippen LogP contribution in [0.4, 0.5) is 0 Å². The number of alkyl halides is 1. The van der Waals surface area contributed by atoms with Gasteiger partial charge in [-0.25, -0.2) is 0 Å². The number of rotatable bonds is 3. The van der Waals surface area contributed by atoms with E-state index in [4.69, 9.17) is 16.3 Å². The second-order valence-corrected chi connectivity index (χ2v) is 4.62. The zero-order chi connectivity index (χ0) is 13.1. The Kier molecular flexibility index (Phi) is 4.09. The van der Waals surface area contributed by atoms with Gasteiger partial charge in [-0.15, -0.1) is 11.6 Å². The number of aliphatic hydroxyl groups is 1. The molecule has 1 amide bonds. The number of halogens is 1. The molecule has 0 heterocycles. The molecule has 0 bridgehead atoms. The molecule has 0 saturated carbocycles. The molecule has 5 heteroatoms. The first-order valence-corrected chi connectivity index (χ1v) is 6.39. The first-order chi connectivity index (χ1) is 8.65. The summed E-state index contributed by atoms with van der Waals surface area (Å²) < 4.78 is 5.15. The average molecular weight is 270 g/mol.